The summed E-state index contributed by atoms with van der Waals surface area (Å²) in [5, 5.41) is 7.24. The van der Waals surface area contributed by atoms with E-state index < -0.39 is 0 Å². The van der Waals surface area contributed by atoms with Crippen molar-refractivity contribution < 1.29 is 4.74 Å². The number of hydrogen-bond donors (Lipinski definition) is 1. The van der Waals surface area contributed by atoms with E-state index in [1.165, 1.54) is 4.57 Å². The zero-order chi connectivity index (χ0) is 15.7. The van der Waals surface area contributed by atoms with E-state index in [1.807, 2.05) is 0 Å². The number of H-pyrrole nitrogens is 1. The summed E-state index contributed by atoms with van der Waals surface area (Å²) in [6, 6.07) is 12.0. The van der Waals surface area contributed by atoms with Crippen LogP contribution in [0.4, 0.5) is 0 Å². The predicted octanol–water partition coefficient (Wildman–Crippen LogP) is 3.97. The summed E-state index contributed by atoms with van der Waals surface area (Å²) in [5.74, 6) is 1.69. The molecule has 1 N–H and O–H groups in total. The maximum Gasteiger partial charge on any atom is 0.347 e. The molecule has 1 aromatic heterocycles. The van der Waals surface area contributed by atoms with Gasteiger partial charge in [0, 0.05) is 5.02 Å². The predicted molar refractivity (Wildman–Crippen MR) is 85.5 cm³/mol. The number of halogens is 2. The molecule has 3 rings (SSSR count). The smallest absolute Gasteiger partial charge is 0.347 e. The van der Waals surface area contributed by atoms with E-state index in [-0.39, 0.29) is 5.69 Å². The van der Waals surface area contributed by atoms with Crippen LogP contribution in [0.15, 0.2) is 47.3 Å². The maximum absolute atomic E-state index is 11.7. The second-order valence-corrected chi connectivity index (χ2v) is 5.43. The normalized spacial score (nSPS) is 10.7. The van der Waals surface area contributed by atoms with Crippen molar-refractivity contribution in [3.8, 4) is 17.2 Å². The molecule has 0 saturated carbocycles. The van der Waals surface area contributed by atoms with Gasteiger partial charge in [0.15, 0.2) is 0 Å². The Balaban J connectivity index is 1.87. The van der Waals surface area contributed by atoms with Gasteiger partial charge in [-0.1, -0.05) is 23.2 Å². The second kappa shape index (κ2) is 5.87. The first-order valence-electron chi connectivity index (χ1n) is 6.42. The van der Waals surface area contributed by atoms with E-state index in [0.29, 0.717) is 33.1 Å². The molecule has 0 unspecified atom stereocenters. The molecule has 0 saturated heterocycles. The van der Waals surface area contributed by atoms with Gasteiger partial charge < -0.3 is 4.74 Å². The minimum Gasteiger partial charge on any atom is -0.456 e. The summed E-state index contributed by atoms with van der Waals surface area (Å²) in [5.41, 5.74) is 0.415. The van der Waals surface area contributed by atoms with E-state index in [4.69, 9.17) is 27.9 Å². The van der Waals surface area contributed by atoms with Gasteiger partial charge in [-0.25, -0.2) is 14.5 Å². The quantitative estimate of drug-likeness (QED) is 0.787. The zero-order valence-electron chi connectivity index (χ0n) is 11.5. The van der Waals surface area contributed by atoms with Gasteiger partial charge in [0.2, 0.25) is 0 Å². The Morgan fingerprint density at radius 2 is 1.86 bits per heavy atom. The number of rotatable bonds is 3. The minimum absolute atomic E-state index is 0.285. The number of aromatic nitrogens is 3. The topological polar surface area (TPSA) is 59.9 Å². The number of aryl methyl sites for hydroxylation is 1. The highest BCUT2D eigenvalue weighted by atomic mass is 35.5. The number of benzene rings is 2. The summed E-state index contributed by atoms with van der Waals surface area (Å²) in [4.78, 5) is 11.7. The summed E-state index contributed by atoms with van der Waals surface area (Å²) in [6.07, 6.45) is 0. The molecule has 3 aromatic rings. The maximum atomic E-state index is 11.7. The third-order valence-electron chi connectivity index (χ3n) is 3.06. The molecule has 2 aromatic carbocycles. The first-order chi connectivity index (χ1) is 10.5. The van der Waals surface area contributed by atoms with E-state index in [9.17, 15) is 4.79 Å². The molecule has 0 aliphatic carbocycles. The molecule has 112 valence electrons. The second-order valence-electron chi connectivity index (χ2n) is 4.58. The molecule has 1 heterocycles. The molecule has 0 atom stereocenters. The summed E-state index contributed by atoms with van der Waals surface area (Å²) < 4.78 is 7.17. The molecular formula is C15H11Cl2N3O2. The Kier molecular flexibility index (Phi) is 3.92. The fraction of sp³-hybridized carbons (Fsp3) is 0.0667. The van der Waals surface area contributed by atoms with E-state index in [0.717, 1.165) is 0 Å². The zero-order valence-corrected chi connectivity index (χ0v) is 13.0. The van der Waals surface area contributed by atoms with E-state index >= 15 is 0 Å². The average molecular weight is 336 g/mol. The van der Waals surface area contributed by atoms with Crippen LogP contribution in [0.25, 0.3) is 5.69 Å². The van der Waals surface area contributed by atoms with Crippen LogP contribution in [-0.4, -0.2) is 14.8 Å². The molecule has 7 heteroatoms. The van der Waals surface area contributed by atoms with Crippen molar-refractivity contribution in [1.29, 1.82) is 0 Å². The third kappa shape index (κ3) is 2.86. The van der Waals surface area contributed by atoms with Crippen LogP contribution in [0, 0.1) is 6.92 Å². The van der Waals surface area contributed by atoms with Crippen molar-refractivity contribution in [2.24, 2.45) is 0 Å². The van der Waals surface area contributed by atoms with Gasteiger partial charge in [0.05, 0.1) is 10.7 Å². The van der Waals surface area contributed by atoms with Gasteiger partial charge in [-0.2, -0.15) is 5.10 Å². The number of hydrogen-bond acceptors (Lipinski definition) is 3. The lowest BCUT2D eigenvalue weighted by Crippen LogP contribution is -2.15. The highest BCUT2D eigenvalue weighted by Crippen LogP contribution is 2.31. The molecular weight excluding hydrogens is 325 g/mol. The van der Waals surface area contributed by atoms with Gasteiger partial charge in [0.25, 0.3) is 0 Å². The van der Waals surface area contributed by atoms with E-state index in [1.54, 1.807) is 49.4 Å². The first-order valence-corrected chi connectivity index (χ1v) is 7.17. The SMILES string of the molecule is Cc1n[nH]c(=O)n1-c1ccc(Oc2ccc(Cl)cc2Cl)cc1. The molecule has 5 nitrogen and oxygen atoms in total. The van der Waals surface area contributed by atoms with Gasteiger partial charge >= 0.3 is 5.69 Å². The standard InChI is InChI=1S/C15H11Cl2N3O2/c1-9-18-19-15(21)20(9)11-3-5-12(6-4-11)22-14-7-2-10(16)8-13(14)17/h2-8H,1H3,(H,19,21). The van der Waals surface area contributed by atoms with Crippen LogP contribution in [0.3, 0.4) is 0 Å². The van der Waals surface area contributed by atoms with Gasteiger partial charge in [-0.05, 0) is 49.4 Å². The van der Waals surface area contributed by atoms with Gasteiger partial charge in [0.1, 0.15) is 17.3 Å². The van der Waals surface area contributed by atoms with Gasteiger partial charge in [-0.3, -0.25) is 0 Å². The Bertz CT molecular complexity index is 869. The Morgan fingerprint density at radius 3 is 2.45 bits per heavy atom. The fourth-order valence-electron chi connectivity index (χ4n) is 2.03. The number of nitrogens with zero attached hydrogens (tertiary/aromatic N) is 2. The van der Waals surface area contributed by atoms with Crippen LogP contribution in [0.5, 0.6) is 11.5 Å². The monoisotopic (exact) mass is 335 g/mol. The molecule has 0 aliphatic heterocycles. The summed E-state index contributed by atoms with van der Waals surface area (Å²) in [6.45, 7) is 1.75. The number of nitrogens with one attached hydrogen (secondary N) is 1. The van der Waals surface area contributed by atoms with Crippen LogP contribution in [-0.2, 0) is 0 Å². The minimum atomic E-state index is -0.285. The van der Waals surface area contributed by atoms with Crippen molar-refractivity contribution >= 4 is 23.2 Å². The van der Waals surface area contributed by atoms with Crippen molar-refractivity contribution in [1.82, 2.24) is 14.8 Å². The largest absolute Gasteiger partial charge is 0.456 e. The molecule has 22 heavy (non-hydrogen) atoms. The fourth-order valence-corrected chi connectivity index (χ4v) is 2.48. The van der Waals surface area contributed by atoms with Crippen molar-refractivity contribution in [2.75, 3.05) is 0 Å². The third-order valence-corrected chi connectivity index (χ3v) is 3.59. The Morgan fingerprint density at radius 1 is 1.14 bits per heavy atom. The molecule has 0 aliphatic rings. The van der Waals surface area contributed by atoms with Gasteiger partial charge in [-0.15, -0.1) is 0 Å². The van der Waals surface area contributed by atoms with Crippen LogP contribution >= 0.6 is 23.2 Å². The van der Waals surface area contributed by atoms with Crippen LogP contribution in [0.1, 0.15) is 5.82 Å². The highest BCUT2D eigenvalue weighted by molar-refractivity contribution is 6.35. The van der Waals surface area contributed by atoms with Crippen molar-refractivity contribution in [2.45, 2.75) is 6.92 Å². The molecule has 0 radical (unpaired) electrons. The molecule has 0 fully saturated rings. The average Bonchev–Trinajstić information content (AvgIpc) is 2.82. The molecule has 0 spiro atoms. The first kappa shape index (κ1) is 14.7. The summed E-state index contributed by atoms with van der Waals surface area (Å²) in [7, 11) is 0. The molecule has 0 amide bonds. The molecule has 0 bridgehead atoms. The highest BCUT2D eigenvalue weighted by Gasteiger charge is 2.07. The summed E-state index contributed by atoms with van der Waals surface area (Å²) >= 11 is 11.9. The lowest BCUT2D eigenvalue weighted by atomic mass is 10.3. The Hall–Kier alpha value is -2.24. The number of aromatic amines is 1. The lowest BCUT2D eigenvalue weighted by molar-refractivity contribution is 0.483. The van der Waals surface area contributed by atoms with Crippen molar-refractivity contribution in [3.05, 3.63) is 68.8 Å². The van der Waals surface area contributed by atoms with E-state index in [2.05, 4.69) is 10.2 Å². The van der Waals surface area contributed by atoms with Crippen LogP contribution < -0.4 is 10.4 Å². The van der Waals surface area contributed by atoms with Crippen molar-refractivity contribution in [3.63, 3.8) is 0 Å². The lowest BCUT2D eigenvalue weighted by Gasteiger charge is -2.09. The van der Waals surface area contributed by atoms with Crippen LogP contribution in [0.2, 0.25) is 10.0 Å². The number of ether oxygens (including phenoxy) is 1. The Labute approximate surface area is 136 Å².